The number of ether oxygens (including phenoxy) is 1. The highest BCUT2D eigenvalue weighted by atomic mass is 35.5. The van der Waals surface area contributed by atoms with Gasteiger partial charge in [-0.15, -0.1) is 12.4 Å². The number of benzene rings is 1. The standard InChI is InChI=1S/C18H23FN2O3.ClH/c1-2-24-18(23)21-13-11-20(12-14-21)10-9-17(22)8-5-15-3-6-16(19)7-4-15;/h3-8H,2,9-14H2,1H3;1H. The quantitative estimate of drug-likeness (QED) is 0.722. The second-order valence-corrected chi connectivity index (χ2v) is 5.63. The van der Waals surface area contributed by atoms with Gasteiger partial charge in [0.15, 0.2) is 5.78 Å². The van der Waals surface area contributed by atoms with Crippen molar-refractivity contribution in [1.29, 1.82) is 0 Å². The molecule has 1 amide bonds. The van der Waals surface area contributed by atoms with Crippen molar-refractivity contribution in [3.63, 3.8) is 0 Å². The lowest BCUT2D eigenvalue weighted by atomic mass is 10.1. The molecule has 0 atom stereocenters. The summed E-state index contributed by atoms with van der Waals surface area (Å²) in [5.74, 6) is -0.257. The molecule has 1 aliphatic rings. The number of hydrogen-bond acceptors (Lipinski definition) is 4. The Morgan fingerprint density at radius 1 is 1.16 bits per heavy atom. The maximum absolute atomic E-state index is 12.8. The molecule has 0 aliphatic carbocycles. The van der Waals surface area contributed by atoms with Crippen molar-refractivity contribution in [3.05, 3.63) is 41.7 Å². The molecule has 1 saturated heterocycles. The zero-order valence-corrected chi connectivity index (χ0v) is 15.1. The van der Waals surface area contributed by atoms with E-state index < -0.39 is 0 Å². The van der Waals surface area contributed by atoms with E-state index >= 15 is 0 Å². The van der Waals surface area contributed by atoms with Gasteiger partial charge < -0.3 is 9.64 Å². The minimum absolute atomic E-state index is 0. The van der Waals surface area contributed by atoms with E-state index in [4.69, 9.17) is 4.74 Å². The molecule has 1 heterocycles. The van der Waals surface area contributed by atoms with Crippen molar-refractivity contribution in [2.75, 3.05) is 39.3 Å². The zero-order valence-electron chi connectivity index (χ0n) is 14.3. The molecular formula is C18H24ClFN2O3. The molecule has 1 aromatic carbocycles. The van der Waals surface area contributed by atoms with E-state index in [1.807, 2.05) is 0 Å². The molecule has 0 aromatic heterocycles. The zero-order chi connectivity index (χ0) is 17.4. The van der Waals surface area contributed by atoms with Crippen LogP contribution in [0.2, 0.25) is 0 Å². The van der Waals surface area contributed by atoms with Crippen LogP contribution < -0.4 is 0 Å². The van der Waals surface area contributed by atoms with Crippen molar-refractivity contribution >= 4 is 30.4 Å². The van der Waals surface area contributed by atoms with Crippen LogP contribution in [-0.2, 0) is 9.53 Å². The van der Waals surface area contributed by atoms with Gasteiger partial charge in [-0.2, -0.15) is 0 Å². The maximum Gasteiger partial charge on any atom is 0.409 e. The SMILES string of the molecule is CCOC(=O)N1CCN(CCC(=O)C=Cc2ccc(F)cc2)CC1.Cl. The van der Waals surface area contributed by atoms with E-state index in [0.717, 1.165) is 18.7 Å². The number of halogens is 2. The highest BCUT2D eigenvalue weighted by molar-refractivity contribution is 5.93. The molecular weight excluding hydrogens is 347 g/mol. The third-order valence-electron chi connectivity index (χ3n) is 3.90. The summed E-state index contributed by atoms with van der Waals surface area (Å²) in [6.07, 6.45) is 3.38. The molecule has 0 radical (unpaired) electrons. The maximum atomic E-state index is 12.8. The van der Waals surface area contributed by atoms with Gasteiger partial charge in [0.05, 0.1) is 6.61 Å². The van der Waals surface area contributed by atoms with Gasteiger partial charge in [-0.25, -0.2) is 9.18 Å². The third kappa shape index (κ3) is 7.23. The molecule has 0 unspecified atom stereocenters. The van der Waals surface area contributed by atoms with Crippen LogP contribution in [-0.4, -0.2) is 61.0 Å². The molecule has 7 heteroatoms. The fourth-order valence-corrected chi connectivity index (χ4v) is 2.48. The van der Waals surface area contributed by atoms with Gasteiger partial charge in [-0.1, -0.05) is 18.2 Å². The first-order chi connectivity index (χ1) is 11.6. The molecule has 0 spiro atoms. The number of carbonyl (C=O) groups is 2. The van der Waals surface area contributed by atoms with Crippen molar-refractivity contribution in [2.45, 2.75) is 13.3 Å². The molecule has 2 rings (SSSR count). The number of carbonyl (C=O) groups excluding carboxylic acids is 2. The predicted molar refractivity (Wildman–Crippen MR) is 97.3 cm³/mol. The minimum atomic E-state index is -0.291. The molecule has 1 aromatic rings. The van der Waals surface area contributed by atoms with E-state index in [0.29, 0.717) is 32.7 Å². The monoisotopic (exact) mass is 370 g/mol. The van der Waals surface area contributed by atoms with Crippen molar-refractivity contribution in [2.24, 2.45) is 0 Å². The average Bonchev–Trinajstić information content (AvgIpc) is 2.60. The fraction of sp³-hybridized carbons (Fsp3) is 0.444. The molecule has 0 N–H and O–H groups in total. The number of hydrogen-bond donors (Lipinski definition) is 0. The van der Waals surface area contributed by atoms with Gasteiger partial charge in [0, 0.05) is 39.1 Å². The Morgan fingerprint density at radius 2 is 1.80 bits per heavy atom. The smallest absolute Gasteiger partial charge is 0.409 e. The van der Waals surface area contributed by atoms with Crippen molar-refractivity contribution < 1.29 is 18.7 Å². The lowest BCUT2D eigenvalue weighted by Crippen LogP contribution is -2.49. The molecule has 5 nitrogen and oxygen atoms in total. The van der Waals surface area contributed by atoms with E-state index in [2.05, 4.69) is 4.90 Å². The Labute approximate surface area is 153 Å². The van der Waals surface area contributed by atoms with Crippen LogP contribution in [0.25, 0.3) is 6.08 Å². The second kappa shape index (κ2) is 10.8. The van der Waals surface area contributed by atoms with Gasteiger partial charge in [0.25, 0.3) is 0 Å². The summed E-state index contributed by atoms with van der Waals surface area (Å²) in [5, 5.41) is 0. The molecule has 25 heavy (non-hydrogen) atoms. The Balaban J connectivity index is 0.00000312. The van der Waals surface area contributed by atoms with Crippen LogP contribution >= 0.6 is 12.4 Å². The third-order valence-corrected chi connectivity index (χ3v) is 3.90. The van der Waals surface area contributed by atoms with Gasteiger partial charge in [0.1, 0.15) is 5.82 Å². The average molecular weight is 371 g/mol. The Morgan fingerprint density at radius 3 is 2.40 bits per heavy atom. The van der Waals surface area contributed by atoms with Crippen LogP contribution in [0.3, 0.4) is 0 Å². The van der Waals surface area contributed by atoms with E-state index in [1.54, 1.807) is 30.0 Å². The molecule has 1 aliphatic heterocycles. The Kier molecular flexibility index (Phi) is 9.16. The fourth-order valence-electron chi connectivity index (χ4n) is 2.48. The van der Waals surface area contributed by atoms with Crippen LogP contribution in [0.5, 0.6) is 0 Å². The lowest BCUT2D eigenvalue weighted by Gasteiger charge is -2.33. The Hall–Kier alpha value is -1.92. The summed E-state index contributed by atoms with van der Waals surface area (Å²) in [6, 6.07) is 6.00. The first-order valence-electron chi connectivity index (χ1n) is 8.19. The number of allylic oxidation sites excluding steroid dienone is 1. The lowest BCUT2D eigenvalue weighted by molar-refractivity contribution is -0.115. The highest BCUT2D eigenvalue weighted by Gasteiger charge is 2.21. The summed E-state index contributed by atoms with van der Waals surface area (Å²) in [5.41, 5.74) is 0.799. The molecule has 138 valence electrons. The summed E-state index contributed by atoms with van der Waals surface area (Å²) < 4.78 is 17.8. The predicted octanol–water partition coefficient (Wildman–Crippen LogP) is 2.99. The summed E-state index contributed by atoms with van der Waals surface area (Å²) >= 11 is 0. The molecule has 0 saturated carbocycles. The number of piperazine rings is 1. The normalized spacial score (nSPS) is 15.0. The van der Waals surface area contributed by atoms with Gasteiger partial charge in [-0.05, 0) is 30.7 Å². The molecule has 1 fully saturated rings. The van der Waals surface area contributed by atoms with Crippen LogP contribution in [0.15, 0.2) is 30.3 Å². The number of nitrogens with zero attached hydrogens (tertiary/aromatic N) is 2. The van der Waals surface area contributed by atoms with Crippen molar-refractivity contribution in [3.8, 4) is 0 Å². The molecule has 0 bridgehead atoms. The first kappa shape index (κ1) is 21.1. The first-order valence-corrected chi connectivity index (χ1v) is 8.19. The van der Waals surface area contributed by atoms with Crippen LogP contribution in [0, 0.1) is 5.82 Å². The highest BCUT2D eigenvalue weighted by Crippen LogP contribution is 2.07. The van der Waals surface area contributed by atoms with Gasteiger partial charge >= 0.3 is 6.09 Å². The summed E-state index contributed by atoms with van der Waals surface area (Å²) in [7, 11) is 0. The van der Waals surface area contributed by atoms with Crippen molar-refractivity contribution in [1.82, 2.24) is 9.80 Å². The van der Waals surface area contributed by atoms with Gasteiger partial charge in [-0.3, -0.25) is 9.69 Å². The number of amides is 1. The van der Waals surface area contributed by atoms with E-state index in [9.17, 15) is 14.0 Å². The second-order valence-electron chi connectivity index (χ2n) is 5.63. The number of rotatable bonds is 6. The topological polar surface area (TPSA) is 49.9 Å². The van der Waals surface area contributed by atoms with Crippen LogP contribution in [0.1, 0.15) is 18.9 Å². The van der Waals surface area contributed by atoms with E-state index in [-0.39, 0.29) is 30.1 Å². The van der Waals surface area contributed by atoms with Crippen LogP contribution in [0.4, 0.5) is 9.18 Å². The Bertz CT molecular complexity index is 584. The van der Waals surface area contributed by atoms with Gasteiger partial charge in [0.2, 0.25) is 0 Å². The number of ketones is 1. The summed E-state index contributed by atoms with van der Waals surface area (Å²) in [4.78, 5) is 27.4. The van der Waals surface area contributed by atoms with E-state index in [1.165, 1.54) is 18.2 Å². The summed E-state index contributed by atoms with van der Waals surface area (Å²) in [6.45, 7) is 5.58. The minimum Gasteiger partial charge on any atom is -0.450 e. The largest absolute Gasteiger partial charge is 0.450 e.